The zero-order valence-corrected chi connectivity index (χ0v) is 16.1. The first-order valence-corrected chi connectivity index (χ1v) is 8.77. The van der Waals surface area contributed by atoms with Crippen molar-refractivity contribution >= 4 is 63.4 Å². The SMILES string of the molecule is COC(=O)c1c(NC(=O)/C=C/c2ccc(Cl)cc2Cl)sc(C(N)=O)c1C. The van der Waals surface area contributed by atoms with E-state index < -0.39 is 17.8 Å². The molecule has 2 amide bonds. The Bertz CT molecular complexity index is 922. The third-order valence-electron chi connectivity index (χ3n) is 3.37. The van der Waals surface area contributed by atoms with Crippen molar-refractivity contribution in [3.05, 3.63) is 55.9 Å². The molecular formula is C17H14Cl2N2O4S. The van der Waals surface area contributed by atoms with E-state index in [2.05, 4.69) is 5.32 Å². The molecule has 6 nitrogen and oxygen atoms in total. The Morgan fingerprint density at radius 2 is 1.96 bits per heavy atom. The molecule has 1 aromatic carbocycles. The quantitative estimate of drug-likeness (QED) is 0.574. The zero-order chi connectivity index (χ0) is 19.4. The second kappa shape index (κ2) is 8.35. The van der Waals surface area contributed by atoms with Crippen LogP contribution in [0.5, 0.6) is 0 Å². The summed E-state index contributed by atoms with van der Waals surface area (Å²) in [5.74, 6) is -1.88. The van der Waals surface area contributed by atoms with Crippen LogP contribution >= 0.6 is 34.5 Å². The number of amides is 2. The Kier molecular flexibility index (Phi) is 6.42. The molecule has 0 aliphatic rings. The van der Waals surface area contributed by atoms with E-state index in [0.29, 0.717) is 21.2 Å². The van der Waals surface area contributed by atoms with E-state index in [1.807, 2.05) is 0 Å². The van der Waals surface area contributed by atoms with Crippen molar-refractivity contribution in [1.82, 2.24) is 0 Å². The highest BCUT2D eigenvalue weighted by Gasteiger charge is 2.24. The van der Waals surface area contributed by atoms with Gasteiger partial charge < -0.3 is 15.8 Å². The average Bonchev–Trinajstić information content (AvgIpc) is 2.89. The molecule has 2 rings (SSSR count). The summed E-state index contributed by atoms with van der Waals surface area (Å²) in [6.45, 7) is 1.56. The summed E-state index contributed by atoms with van der Waals surface area (Å²) >= 11 is 12.8. The number of methoxy groups -OCH3 is 1. The maximum atomic E-state index is 12.2. The fourth-order valence-corrected chi connectivity index (χ4v) is 3.66. The molecule has 26 heavy (non-hydrogen) atoms. The van der Waals surface area contributed by atoms with Crippen LogP contribution in [0, 0.1) is 6.92 Å². The molecule has 1 heterocycles. The third kappa shape index (κ3) is 4.43. The molecule has 0 radical (unpaired) electrons. The van der Waals surface area contributed by atoms with Crippen LogP contribution in [-0.2, 0) is 9.53 Å². The summed E-state index contributed by atoms with van der Waals surface area (Å²) in [5.41, 5.74) is 6.35. The lowest BCUT2D eigenvalue weighted by Gasteiger charge is -2.04. The van der Waals surface area contributed by atoms with Crippen molar-refractivity contribution in [1.29, 1.82) is 0 Å². The number of ether oxygens (including phenoxy) is 1. The average molecular weight is 413 g/mol. The molecule has 0 saturated heterocycles. The largest absolute Gasteiger partial charge is 0.465 e. The molecule has 0 saturated carbocycles. The number of hydrogen-bond acceptors (Lipinski definition) is 5. The van der Waals surface area contributed by atoms with E-state index in [4.69, 9.17) is 33.7 Å². The molecule has 2 aromatic rings. The highest BCUT2D eigenvalue weighted by molar-refractivity contribution is 7.18. The van der Waals surface area contributed by atoms with Crippen LogP contribution in [0.3, 0.4) is 0 Å². The molecule has 1 aromatic heterocycles. The summed E-state index contributed by atoms with van der Waals surface area (Å²) in [6.07, 6.45) is 2.75. The van der Waals surface area contributed by atoms with Crippen molar-refractivity contribution in [3.8, 4) is 0 Å². The van der Waals surface area contributed by atoms with Gasteiger partial charge in [-0.3, -0.25) is 9.59 Å². The Morgan fingerprint density at radius 3 is 2.54 bits per heavy atom. The van der Waals surface area contributed by atoms with Gasteiger partial charge >= 0.3 is 5.97 Å². The topological polar surface area (TPSA) is 98.5 Å². The lowest BCUT2D eigenvalue weighted by atomic mass is 10.1. The van der Waals surface area contributed by atoms with Crippen molar-refractivity contribution in [2.75, 3.05) is 12.4 Å². The molecule has 3 N–H and O–H groups in total. The second-order valence-corrected chi connectivity index (χ2v) is 6.97. The first-order chi connectivity index (χ1) is 12.2. The smallest absolute Gasteiger partial charge is 0.341 e. The van der Waals surface area contributed by atoms with Gasteiger partial charge in [-0.15, -0.1) is 11.3 Å². The molecule has 0 spiro atoms. The van der Waals surface area contributed by atoms with Crippen LogP contribution in [0.2, 0.25) is 10.0 Å². The lowest BCUT2D eigenvalue weighted by molar-refractivity contribution is -0.111. The van der Waals surface area contributed by atoms with Crippen LogP contribution in [-0.4, -0.2) is 24.9 Å². The number of carbonyl (C=O) groups is 3. The number of thiophene rings is 1. The summed E-state index contributed by atoms with van der Waals surface area (Å²) < 4.78 is 4.70. The number of primary amides is 1. The van der Waals surface area contributed by atoms with Gasteiger partial charge in [0.1, 0.15) is 5.00 Å². The second-order valence-electron chi connectivity index (χ2n) is 5.10. The van der Waals surface area contributed by atoms with Gasteiger partial charge in [-0.1, -0.05) is 29.3 Å². The minimum Gasteiger partial charge on any atom is -0.465 e. The number of nitrogens with one attached hydrogen (secondary N) is 1. The van der Waals surface area contributed by atoms with Gasteiger partial charge in [0.15, 0.2) is 0 Å². The van der Waals surface area contributed by atoms with Crippen LogP contribution in [0.25, 0.3) is 6.08 Å². The Morgan fingerprint density at radius 1 is 1.27 bits per heavy atom. The first kappa shape index (κ1) is 20.0. The minimum atomic E-state index is -0.693. The zero-order valence-electron chi connectivity index (χ0n) is 13.8. The van der Waals surface area contributed by atoms with Gasteiger partial charge in [0, 0.05) is 16.1 Å². The number of halogens is 2. The molecular weight excluding hydrogens is 399 g/mol. The van der Waals surface area contributed by atoms with Crippen LogP contribution in [0.1, 0.15) is 31.2 Å². The maximum Gasteiger partial charge on any atom is 0.341 e. The van der Waals surface area contributed by atoms with E-state index in [0.717, 1.165) is 11.3 Å². The van der Waals surface area contributed by atoms with Gasteiger partial charge in [0.05, 0.1) is 17.6 Å². The fourth-order valence-electron chi connectivity index (χ4n) is 2.14. The number of rotatable bonds is 5. The van der Waals surface area contributed by atoms with Crippen molar-refractivity contribution in [2.45, 2.75) is 6.92 Å². The molecule has 0 fully saturated rings. The standard InChI is InChI=1S/C17H14Cl2N2O4S/c1-8-13(17(24)25-2)16(26-14(8)15(20)23)21-12(22)6-4-9-3-5-10(18)7-11(9)19/h3-7H,1-2H3,(H2,20,23)(H,21,22)/b6-4+. The van der Waals surface area contributed by atoms with Gasteiger partial charge in [0.25, 0.3) is 5.91 Å². The van der Waals surface area contributed by atoms with E-state index in [1.54, 1.807) is 25.1 Å². The number of hydrogen-bond donors (Lipinski definition) is 2. The lowest BCUT2D eigenvalue weighted by Crippen LogP contribution is -2.12. The molecule has 0 bridgehead atoms. The number of carbonyl (C=O) groups excluding carboxylic acids is 3. The van der Waals surface area contributed by atoms with Crippen molar-refractivity contribution < 1.29 is 19.1 Å². The van der Waals surface area contributed by atoms with E-state index in [-0.39, 0.29) is 15.4 Å². The van der Waals surface area contributed by atoms with Gasteiger partial charge in [0.2, 0.25) is 5.91 Å². The molecule has 0 aliphatic heterocycles. The van der Waals surface area contributed by atoms with Gasteiger partial charge in [-0.2, -0.15) is 0 Å². The molecule has 0 aliphatic carbocycles. The van der Waals surface area contributed by atoms with Crippen molar-refractivity contribution in [2.24, 2.45) is 5.73 Å². The highest BCUT2D eigenvalue weighted by Crippen LogP contribution is 2.33. The van der Waals surface area contributed by atoms with E-state index in [9.17, 15) is 14.4 Å². The third-order valence-corrected chi connectivity index (χ3v) is 5.16. The number of esters is 1. The summed E-state index contributed by atoms with van der Waals surface area (Å²) in [5, 5.41) is 3.61. The molecule has 9 heteroatoms. The highest BCUT2D eigenvalue weighted by atomic mass is 35.5. The van der Waals surface area contributed by atoms with Crippen LogP contribution in [0.4, 0.5) is 5.00 Å². The fraction of sp³-hybridized carbons (Fsp3) is 0.118. The summed E-state index contributed by atoms with van der Waals surface area (Å²) in [6, 6.07) is 4.86. The molecule has 136 valence electrons. The number of nitrogens with two attached hydrogens (primary N) is 1. The maximum absolute atomic E-state index is 12.2. The normalized spacial score (nSPS) is 10.8. The number of anilines is 1. The monoisotopic (exact) mass is 412 g/mol. The number of benzene rings is 1. The molecule has 0 atom stereocenters. The first-order valence-electron chi connectivity index (χ1n) is 7.20. The van der Waals surface area contributed by atoms with Crippen LogP contribution in [0.15, 0.2) is 24.3 Å². The summed E-state index contributed by atoms with van der Waals surface area (Å²) in [7, 11) is 1.21. The van der Waals surface area contributed by atoms with Gasteiger partial charge in [-0.05, 0) is 36.3 Å². The van der Waals surface area contributed by atoms with E-state index in [1.165, 1.54) is 19.3 Å². The van der Waals surface area contributed by atoms with Gasteiger partial charge in [-0.25, -0.2) is 4.79 Å². The Hall–Kier alpha value is -2.35. The van der Waals surface area contributed by atoms with E-state index >= 15 is 0 Å². The predicted octanol–water partition coefficient (Wildman–Crippen LogP) is 3.90. The minimum absolute atomic E-state index is 0.0950. The summed E-state index contributed by atoms with van der Waals surface area (Å²) in [4.78, 5) is 35.8. The van der Waals surface area contributed by atoms with Crippen molar-refractivity contribution in [3.63, 3.8) is 0 Å². The predicted molar refractivity (Wildman–Crippen MR) is 103 cm³/mol. The Balaban J connectivity index is 2.28. The Labute approximate surface area is 163 Å². The van der Waals surface area contributed by atoms with Crippen LogP contribution < -0.4 is 11.1 Å². The molecule has 0 unspecified atom stereocenters.